The van der Waals surface area contributed by atoms with E-state index < -0.39 is 0 Å². The normalized spacial score (nSPS) is 28.1. The van der Waals surface area contributed by atoms with Gasteiger partial charge >= 0.3 is 0 Å². The molecule has 1 aromatic rings. The maximum absolute atomic E-state index is 5.96. The van der Waals surface area contributed by atoms with Gasteiger partial charge < -0.3 is 5.73 Å². The standard InChI is InChI=1S/C16H23N/c17-16-8-5-12(6-9-16)10-13-4-7-14-2-1-3-15(14)11-13/h4,7,11-12,16H,1-3,5-6,8-10,17H2. The van der Waals surface area contributed by atoms with E-state index in [1.54, 1.807) is 16.7 Å². The van der Waals surface area contributed by atoms with Crippen molar-refractivity contribution in [3.05, 3.63) is 34.9 Å². The van der Waals surface area contributed by atoms with Crippen molar-refractivity contribution in [3.8, 4) is 0 Å². The van der Waals surface area contributed by atoms with Gasteiger partial charge in [0.25, 0.3) is 0 Å². The van der Waals surface area contributed by atoms with Crippen molar-refractivity contribution in [2.75, 3.05) is 0 Å². The lowest BCUT2D eigenvalue weighted by molar-refractivity contribution is 0.325. The van der Waals surface area contributed by atoms with Crippen LogP contribution in [0.1, 0.15) is 48.8 Å². The SMILES string of the molecule is NC1CCC(Cc2ccc3c(c2)CCC3)CC1. The first-order chi connectivity index (χ1) is 8.31. The van der Waals surface area contributed by atoms with E-state index in [-0.39, 0.29) is 0 Å². The van der Waals surface area contributed by atoms with Gasteiger partial charge in [-0.15, -0.1) is 0 Å². The minimum Gasteiger partial charge on any atom is -0.328 e. The van der Waals surface area contributed by atoms with Crippen LogP contribution < -0.4 is 5.73 Å². The lowest BCUT2D eigenvalue weighted by Crippen LogP contribution is -2.27. The molecule has 2 aliphatic carbocycles. The van der Waals surface area contributed by atoms with Gasteiger partial charge in [-0.3, -0.25) is 0 Å². The van der Waals surface area contributed by atoms with Gasteiger partial charge in [0.15, 0.2) is 0 Å². The second kappa shape index (κ2) is 4.81. The van der Waals surface area contributed by atoms with Crippen LogP contribution >= 0.6 is 0 Å². The van der Waals surface area contributed by atoms with Crippen LogP contribution in [0.5, 0.6) is 0 Å². The Kier molecular flexibility index (Phi) is 3.19. The van der Waals surface area contributed by atoms with E-state index in [1.807, 2.05) is 0 Å². The minimum absolute atomic E-state index is 0.478. The van der Waals surface area contributed by atoms with Gasteiger partial charge in [-0.05, 0) is 74.0 Å². The second-order valence-electron chi connectivity index (χ2n) is 5.94. The highest BCUT2D eigenvalue weighted by Crippen LogP contribution is 2.28. The van der Waals surface area contributed by atoms with Crippen LogP contribution in [0.25, 0.3) is 0 Å². The number of rotatable bonds is 2. The number of benzene rings is 1. The van der Waals surface area contributed by atoms with Crippen molar-refractivity contribution in [1.82, 2.24) is 0 Å². The van der Waals surface area contributed by atoms with Crippen LogP contribution in [0.3, 0.4) is 0 Å². The molecule has 0 bridgehead atoms. The lowest BCUT2D eigenvalue weighted by Gasteiger charge is -2.26. The van der Waals surface area contributed by atoms with Crippen LogP contribution in [0, 0.1) is 5.92 Å². The average molecular weight is 229 g/mol. The zero-order valence-electron chi connectivity index (χ0n) is 10.6. The topological polar surface area (TPSA) is 26.0 Å². The smallest absolute Gasteiger partial charge is 0.00390 e. The Morgan fingerprint density at radius 3 is 2.59 bits per heavy atom. The summed E-state index contributed by atoms with van der Waals surface area (Å²) in [6.07, 6.45) is 10.4. The summed E-state index contributed by atoms with van der Waals surface area (Å²) in [4.78, 5) is 0. The maximum Gasteiger partial charge on any atom is 0.00390 e. The molecule has 2 N–H and O–H groups in total. The third-order valence-corrected chi connectivity index (χ3v) is 4.58. The molecule has 0 radical (unpaired) electrons. The van der Waals surface area contributed by atoms with Crippen molar-refractivity contribution < 1.29 is 0 Å². The highest BCUT2D eigenvalue weighted by Gasteiger charge is 2.19. The number of hydrogen-bond donors (Lipinski definition) is 1. The van der Waals surface area contributed by atoms with Crippen molar-refractivity contribution >= 4 is 0 Å². The maximum atomic E-state index is 5.96. The number of hydrogen-bond acceptors (Lipinski definition) is 1. The van der Waals surface area contributed by atoms with Gasteiger partial charge in [0.1, 0.15) is 0 Å². The summed E-state index contributed by atoms with van der Waals surface area (Å²) in [5.41, 5.74) is 10.7. The molecule has 3 rings (SSSR count). The van der Waals surface area contributed by atoms with Crippen LogP contribution in [-0.2, 0) is 19.3 Å². The van der Waals surface area contributed by atoms with E-state index in [4.69, 9.17) is 5.73 Å². The van der Waals surface area contributed by atoms with Gasteiger partial charge in [-0.2, -0.15) is 0 Å². The van der Waals surface area contributed by atoms with Crippen LogP contribution in [0.15, 0.2) is 18.2 Å². The molecule has 1 fully saturated rings. The Morgan fingerprint density at radius 1 is 1.00 bits per heavy atom. The fourth-order valence-electron chi connectivity index (χ4n) is 3.48. The molecule has 1 saturated carbocycles. The molecule has 2 aliphatic rings. The summed E-state index contributed by atoms with van der Waals surface area (Å²) >= 11 is 0. The van der Waals surface area contributed by atoms with Gasteiger partial charge in [-0.25, -0.2) is 0 Å². The molecule has 1 heteroatoms. The van der Waals surface area contributed by atoms with Crippen LogP contribution in [-0.4, -0.2) is 6.04 Å². The van der Waals surface area contributed by atoms with E-state index in [0.717, 1.165) is 5.92 Å². The minimum atomic E-state index is 0.478. The Morgan fingerprint density at radius 2 is 1.76 bits per heavy atom. The molecule has 0 aliphatic heterocycles. The molecular weight excluding hydrogens is 206 g/mol. The van der Waals surface area contributed by atoms with E-state index in [1.165, 1.54) is 51.4 Å². The summed E-state index contributed by atoms with van der Waals surface area (Å²) in [6, 6.07) is 7.67. The Balaban J connectivity index is 1.65. The quantitative estimate of drug-likeness (QED) is 0.828. The van der Waals surface area contributed by atoms with Gasteiger partial charge in [0.05, 0.1) is 0 Å². The van der Waals surface area contributed by atoms with Crippen LogP contribution in [0.2, 0.25) is 0 Å². The molecule has 0 spiro atoms. The van der Waals surface area contributed by atoms with E-state index >= 15 is 0 Å². The Hall–Kier alpha value is -0.820. The molecule has 0 unspecified atom stereocenters. The summed E-state index contributed by atoms with van der Waals surface area (Å²) in [7, 11) is 0. The molecular formula is C16H23N. The monoisotopic (exact) mass is 229 g/mol. The molecule has 0 heterocycles. The molecule has 0 aromatic heterocycles. The lowest BCUT2D eigenvalue weighted by atomic mass is 9.82. The highest BCUT2D eigenvalue weighted by molar-refractivity contribution is 5.35. The fraction of sp³-hybridized carbons (Fsp3) is 0.625. The third-order valence-electron chi connectivity index (χ3n) is 4.58. The van der Waals surface area contributed by atoms with Crippen LogP contribution in [0.4, 0.5) is 0 Å². The van der Waals surface area contributed by atoms with E-state index in [2.05, 4.69) is 18.2 Å². The van der Waals surface area contributed by atoms with Gasteiger partial charge in [0.2, 0.25) is 0 Å². The fourth-order valence-corrected chi connectivity index (χ4v) is 3.48. The zero-order chi connectivity index (χ0) is 11.7. The second-order valence-corrected chi connectivity index (χ2v) is 5.94. The molecule has 92 valence electrons. The molecule has 1 nitrogen and oxygen atoms in total. The third kappa shape index (κ3) is 2.55. The Bertz CT molecular complexity index is 389. The Labute approximate surface area is 104 Å². The number of nitrogens with two attached hydrogens (primary N) is 1. The summed E-state index contributed by atoms with van der Waals surface area (Å²) < 4.78 is 0. The molecule has 0 atom stereocenters. The summed E-state index contributed by atoms with van der Waals surface area (Å²) in [5.74, 6) is 0.884. The van der Waals surface area contributed by atoms with Crippen molar-refractivity contribution in [2.45, 2.75) is 57.4 Å². The first-order valence-electron chi connectivity index (χ1n) is 7.17. The van der Waals surface area contributed by atoms with E-state index in [0.29, 0.717) is 6.04 Å². The van der Waals surface area contributed by atoms with E-state index in [9.17, 15) is 0 Å². The zero-order valence-corrected chi connectivity index (χ0v) is 10.6. The van der Waals surface area contributed by atoms with Gasteiger partial charge in [-0.1, -0.05) is 18.2 Å². The first kappa shape index (κ1) is 11.3. The molecule has 0 saturated heterocycles. The molecule has 1 aromatic carbocycles. The molecule has 0 amide bonds. The first-order valence-corrected chi connectivity index (χ1v) is 7.17. The number of aryl methyl sites for hydroxylation is 2. The summed E-state index contributed by atoms with van der Waals surface area (Å²) in [6.45, 7) is 0. The van der Waals surface area contributed by atoms with Gasteiger partial charge in [0, 0.05) is 6.04 Å². The van der Waals surface area contributed by atoms with Crippen molar-refractivity contribution in [2.24, 2.45) is 11.7 Å². The predicted octanol–water partition coefficient (Wildman–Crippen LogP) is 3.24. The average Bonchev–Trinajstić information content (AvgIpc) is 2.79. The largest absolute Gasteiger partial charge is 0.328 e. The van der Waals surface area contributed by atoms with Crippen molar-refractivity contribution in [3.63, 3.8) is 0 Å². The predicted molar refractivity (Wildman–Crippen MR) is 72.1 cm³/mol. The number of fused-ring (bicyclic) bond motifs is 1. The molecule has 17 heavy (non-hydrogen) atoms. The van der Waals surface area contributed by atoms with Crippen molar-refractivity contribution in [1.29, 1.82) is 0 Å². The summed E-state index contributed by atoms with van der Waals surface area (Å²) in [5, 5.41) is 0. The highest BCUT2D eigenvalue weighted by atomic mass is 14.6.